The number of ether oxygens (including phenoxy) is 1. The van der Waals surface area contributed by atoms with Crippen LogP contribution in [0.1, 0.15) is 46.7 Å². The SMILES string of the molecule is Cc1ccc(Cl)cc1-n1c(C)cc([C@@H]2[C@H](c3ccccn3)NC(=S)N2CCCN2CCOCC2)c1C. The van der Waals surface area contributed by atoms with Crippen LogP contribution in [-0.2, 0) is 4.74 Å². The summed E-state index contributed by atoms with van der Waals surface area (Å²) in [7, 11) is 0. The summed E-state index contributed by atoms with van der Waals surface area (Å²) in [6, 6.07) is 14.5. The molecule has 6 nitrogen and oxygen atoms in total. The van der Waals surface area contributed by atoms with Gasteiger partial charge in [0.25, 0.3) is 0 Å². The topological polar surface area (TPSA) is 45.6 Å². The van der Waals surface area contributed by atoms with Gasteiger partial charge in [0.1, 0.15) is 0 Å². The predicted molar refractivity (Wildman–Crippen MR) is 149 cm³/mol. The fourth-order valence-corrected chi connectivity index (χ4v) is 6.05. The lowest BCUT2D eigenvalue weighted by Crippen LogP contribution is -2.39. The molecular weight excluding hydrogens is 490 g/mol. The number of aromatic nitrogens is 2. The fraction of sp³-hybridized carbons (Fsp3) is 0.429. The molecule has 0 amide bonds. The molecule has 1 N–H and O–H groups in total. The number of hydrogen-bond donors (Lipinski definition) is 1. The van der Waals surface area contributed by atoms with Gasteiger partial charge in [-0.2, -0.15) is 0 Å². The second-order valence-electron chi connectivity index (χ2n) is 9.72. The molecule has 0 aliphatic carbocycles. The summed E-state index contributed by atoms with van der Waals surface area (Å²) in [6.45, 7) is 12.1. The van der Waals surface area contributed by atoms with Crippen molar-refractivity contribution in [3.8, 4) is 5.69 Å². The molecule has 8 heteroatoms. The van der Waals surface area contributed by atoms with Gasteiger partial charge in [-0.1, -0.05) is 23.7 Å². The van der Waals surface area contributed by atoms with E-state index in [1.807, 2.05) is 24.4 Å². The summed E-state index contributed by atoms with van der Waals surface area (Å²) in [6.07, 6.45) is 2.90. The van der Waals surface area contributed by atoms with E-state index in [9.17, 15) is 0 Å². The lowest BCUT2D eigenvalue weighted by atomic mass is 9.96. The number of hydrogen-bond acceptors (Lipinski definition) is 4. The van der Waals surface area contributed by atoms with Crippen LogP contribution in [-0.4, -0.2) is 63.9 Å². The summed E-state index contributed by atoms with van der Waals surface area (Å²) >= 11 is 12.3. The Labute approximate surface area is 224 Å². The van der Waals surface area contributed by atoms with Crippen LogP contribution >= 0.6 is 23.8 Å². The van der Waals surface area contributed by atoms with E-state index in [1.165, 1.54) is 22.5 Å². The number of pyridine rings is 1. The molecule has 5 rings (SSSR count). The van der Waals surface area contributed by atoms with Gasteiger partial charge in [-0.05, 0) is 80.9 Å². The molecule has 0 saturated carbocycles. The molecule has 2 aromatic heterocycles. The molecule has 2 fully saturated rings. The largest absolute Gasteiger partial charge is 0.379 e. The van der Waals surface area contributed by atoms with E-state index in [-0.39, 0.29) is 12.1 Å². The fourth-order valence-electron chi connectivity index (χ4n) is 5.56. The Kier molecular flexibility index (Phi) is 7.62. The second-order valence-corrected chi connectivity index (χ2v) is 10.5. The van der Waals surface area contributed by atoms with Crippen molar-refractivity contribution in [2.75, 3.05) is 39.4 Å². The van der Waals surface area contributed by atoms with Crippen LogP contribution in [0.25, 0.3) is 5.69 Å². The van der Waals surface area contributed by atoms with E-state index >= 15 is 0 Å². The van der Waals surface area contributed by atoms with Crippen molar-refractivity contribution in [2.24, 2.45) is 0 Å². The zero-order chi connectivity index (χ0) is 25.2. The van der Waals surface area contributed by atoms with Gasteiger partial charge in [0.05, 0.1) is 31.0 Å². The van der Waals surface area contributed by atoms with E-state index in [2.05, 4.69) is 64.7 Å². The standard InChI is InChI=1S/C28H34ClN5OS/c1-19-8-9-22(29)18-25(19)34-20(2)17-23(21(34)3)27-26(24-7-4-5-10-30-24)31-28(36)33(27)12-6-11-32-13-15-35-16-14-32/h4-5,7-10,17-18,26-27H,6,11-16H2,1-3H3,(H,31,36)/t26-,27+/m0/s1. The van der Waals surface area contributed by atoms with Gasteiger partial charge in [-0.25, -0.2) is 0 Å². The molecule has 2 atom stereocenters. The minimum Gasteiger partial charge on any atom is -0.379 e. The molecular formula is C28H34ClN5OS. The first-order chi connectivity index (χ1) is 17.4. The molecule has 0 spiro atoms. The maximum absolute atomic E-state index is 6.40. The van der Waals surface area contributed by atoms with Gasteiger partial charge < -0.3 is 19.5 Å². The number of benzene rings is 1. The summed E-state index contributed by atoms with van der Waals surface area (Å²) in [5.74, 6) is 0. The first kappa shape index (κ1) is 25.2. The summed E-state index contributed by atoms with van der Waals surface area (Å²) in [4.78, 5) is 9.56. The highest BCUT2D eigenvalue weighted by Gasteiger charge is 2.41. The van der Waals surface area contributed by atoms with E-state index in [0.29, 0.717) is 0 Å². The zero-order valence-electron chi connectivity index (χ0n) is 21.2. The molecule has 0 radical (unpaired) electrons. The zero-order valence-corrected chi connectivity index (χ0v) is 22.8. The maximum Gasteiger partial charge on any atom is 0.170 e. The molecule has 0 unspecified atom stereocenters. The molecule has 190 valence electrons. The van der Waals surface area contributed by atoms with Crippen molar-refractivity contribution in [3.63, 3.8) is 0 Å². The van der Waals surface area contributed by atoms with Crippen LogP contribution < -0.4 is 5.32 Å². The van der Waals surface area contributed by atoms with Gasteiger partial charge in [0.15, 0.2) is 5.11 Å². The van der Waals surface area contributed by atoms with Gasteiger partial charge in [0, 0.05) is 54.5 Å². The van der Waals surface area contributed by atoms with E-state index in [1.54, 1.807) is 0 Å². The normalized spacial score (nSPS) is 20.7. The number of thiocarbonyl (C=S) groups is 1. The minimum atomic E-state index is -0.0171. The quantitative estimate of drug-likeness (QED) is 0.432. The van der Waals surface area contributed by atoms with Crippen LogP contribution in [0.5, 0.6) is 0 Å². The van der Waals surface area contributed by atoms with Crippen LogP contribution in [0.4, 0.5) is 0 Å². The summed E-state index contributed by atoms with van der Waals surface area (Å²) in [5.41, 5.74) is 6.96. The lowest BCUT2D eigenvalue weighted by Gasteiger charge is -2.30. The number of nitrogens with zero attached hydrogens (tertiary/aromatic N) is 4. The second kappa shape index (κ2) is 10.9. The monoisotopic (exact) mass is 523 g/mol. The Morgan fingerprint density at radius 1 is 1.08 bits per heavy atom. The van der Waals surface area contributed by atoms with Crippen molar-refractivity contribution in [1.82, 2.24) is 24.7 Å². The number of morpholine rings is 1. The number of rotatable bonds is 7. The summed E-state index contributed by atoms with van der Waals surface area (Å²) < 4.78 is 7.83. The van der Waals surface area contributed by atoms with Crippen LogP contribution in [0.3, 0.4) is 0 Å². The molecule has 2 aliphatic rings. The Morgan fingerprint density at radius 3 is 2.64 bits per heavy atom. The maximum atomic E-state index is 6.40. The lowest BCUT2D eigenvalue weighted by molar-refractivity contribution is 0.0365. The van der Waals surface area contributed by atoms with Crippen LogP contribution in [0.15, 0.2) is 48.7 Å². The van der Waals surface area contributed by atoms with Gasteiger partial charge in [0.2, 0.25) is 0 Å². The van der Waals surface area contributed by atoms with Crippen LogP contribution in [0, 0.1) is 20.8 Å². The third-order valence-corrected chi connectivity index (χ3v) is 7.96. The predicted octanol–water partition coefficient (Wildman–Crippen LogP) is 5.15. The van der Waals surface area contributed by atoms with Gasteiger partial charge >= 0.3 is 0 Å². The highest BCUT2D eigenvalue weighted by molar-refractivity contribution is 7.80. The molecule has 2 saturated heterocycles. The van der Waals surface area contributed by atoms with Crippen LogP contribution in [0.2, 0.25) is 5.02 Å². The van der Waals surface area contributed by atoms with E-state index in [4.69, 9.17) is 33.5 Å². The Hall–Kier alpha value is -2.45. The number of nitrogens with one attached hydrogen (secondary N) is 1. The molecule has 4 heterocycles. The average Bonchev–Trinajstić information content (AvgIpc) is 3.36. The highest BCUT2D eigenvalue weighted by Crippen LogP contribution is 2.41. The minimum absolute atomic E-state index is 0.0171. The van der Waals surface area contributed by atoms with Crippen molar-refractivity contribution in [2.45, 2.75) is 39.3 Å². The first-order valence-corrected chi connectivity index (χ1v) is 13.5. The Bertz CT molecular complexity index is 1220. The van der Waals surface area contributed by atoms with Crippen molar-refractivity contribution >= 4 is 28.9 Å². The van der Waals surface area contributed by atoms with Gasteiger partial charge in [-0.3, -0.25) is 9.88 Å². The molecule has 2 aliphatic heterocycles. The Balaban J connectivity index is 1.50. The summed E-state index contributed by atoms with van der Waals surface area (Å²) in [5, 5.41) is 5.14. The van der Waals surface area contributed by atoms with Gasteiger partial charge in [-0.15, -0.1) is 0 Å². The number of halogens is 1. The molecule has 1 aromatic carbocycles. The highest BCUT2D eigenvalue weighted by atomic mass is 35.5. The van der Waals surface area contributed by atoms with E-state index in [0.717, 1.165) is 67.3 Å². The first-order valence-electron chi connectivity index (χ1n) is 12.7. The number of aryl methyl sites for hydroxylation is 2. The smallest absolute Gasteiger partial charge is 0.170 e. The van der Waals surface area contributed by atoms with Crippen molar-refractivity contribution in [3.05, 3.63) is 81.9 Å². The van der Waals surface area contributed by atoms with E-state index < -0.39 is 0 Å². The average molecular weight is 524 g/mol. The molecule has 3 aromatic rings. The molecule has 0 bridgehead atoms. The van der Waals surface area contributed by atoms with Crippen molar-refractivity contribution in [1.29, 1.82) is 0 Å². The third kappa shape index (κ3) is 5.02. The third-order valence-electron chi connectivity index (χ3n) is 7.38. The molecule has 36 heavy (non-hydrogen) atoms. The van der Waals surface area contributed by atoms with Crippen molar-refractivity contribution < 1.29 is 4.74 Å². The Morgan fingerprint density at radius 2 is 1.89 bits per heavy atom.